The molecule has 0 saturated carbocycles. The summed E-state index contributed by atoms with van der Waals surface area (Å²) in [5, 5.41) is 0. The lowest BCUT2D eigenvalue weighted by molar-refractivity contribution is 0.733. The van der Waals surface area contributed by atoms with E-state index < -0.39 is 0 Å². The second kappa shape index (κ2) is 5.65. The van der Waals surface area contributed by atoms with Gasteiger partial charge in [-0.2, -0.15) is 0 Å². The molecular formula is C13H13Br2NS. The zero-order chi connectivity index (χ0) is 12.4. The first kappa shape index (κ1) is 13.3. The number of hydrogen-bond donors (Lipinski definition) is 1. The summed E-state index contributed by atoms with van der Waals surface area (Å²) in [6.45, 7) is 2.13. The van der Waals surface area contributed by atoms with Crippen molar-refractivity contribution in [2.24, 2.45) is 5.73 Å². The molecule has 1 atom stereocenters. The van der Waals surface area contributed by atoms with Crippen molar-refractivity contribution in [3.05, 3.63) is 54.6 Å². The Morgan fingerprint density at radius 2 is 2.00 bits per heavy atom. The van der Waals surface area contributed by atoms with E-state index in [1.807, 2.05) is 0 Å². The van der Waals surface area contributed by atoms with Gasteiger partial charge in [-0.15, -0.1) is 11.3 Å². The van der Waals surface area contributed by atoms with Gasteiger partial charge in [-0.3, -0.25) is 0 Å². The van der Waals surface area contributed by atoms with Crippen molar-refractivity contribution in [3.8, 4) is 0 Å². The maximum Gasteiger partial charge on any atom is 0.0843 e. The Labute approximate surface area is 122 Å². The molecule has 1 heterocycles. The molecule has 0 aliphatic carbocycles. The SMILES string of the molecule is Cc1ccccc1CC(N)c1cc(Br)c(Br)s1. The van der Waals surface area contributed by atoms with Crippen LogP contribution in [0.1, 0.15) is 22.0 Å². The number of thiophene rings is 1. The Balaban J connectivity index is 2.17. The van der Waals surface area contributed by atoms with Crippen molar-refractivity contribution in [1.29, 1.82) is 0 Å². The smallest absolute Gasteiger partial charge is 0.0843 e. The lowest BCUT2D eigenvalue weighted by Gasteiger charge is -2.11. The van der Waals surface area contributed by atoms with Gasteiger partial charge in [0.25, 0.3) is 0 Å². The number of nitrogens with two attached hydrogens (primary N) is 1. The fraction of sp³-hybridized carbons (Fsp3) is 0.231. The third-order valence-electron chi connectivity index (χ3n) is 2.73. The van der Waals surface area contributed by atoms with Crippen LogP contribution < -0.4 is 5.73 Å². The topological polar surface area (TPSA) is 26.0 Å². The summed E-state index contributed by atoms with van der Waals surface area (Å²) < 4.78 is 2.19. The highest BCUT2D eigenvalue weighted by Crippen LogP contribution is 2.35. The second-order valence-electron chi connectivity index (χ2n) is 4.01. The molecule has 0 saturated heterocycles. The predicted octanol–water partition coefficient (Wildman–Crippen LogP) is 4.82. The minimum atomic E-state index is 0.0590. The molecule has 1 unspecified atom stereocenters. The Kier molecular flexibility index (Phi) is 4.42. The van der Waals surface area contributed by atoms with Crippen molar-refractivity contribution in [2.45, 2.75) is 19.4 Å². The van der Waals surface area contributed by atoms with Crippen LogP contribution in [0.3, 0.4) is 0 Å². The summed E-state index contributed by atoms with van der Waals surface area (Å²) in [5.41, 5.74) is 8.87. The van der Waals surface area contributed by atoms with Gasteiger partial charge in [0, 0.05) is 15.4 Å². The molecule has 0 aliphatic rings. The van der Waals surface area contributed by atoms with Gasteiger partial charge in [0.15, 0.2) is 0 Å². The average molecular weight is 375 g/mol. The van der Waals surface area contributed by atoms with Crippen LogP contribution in [0.25, 0.3) is 0 Å². The number of aryl methyl sites for hydroxylation is 1. The number of hydrogen-bond acceptors (Lipinski definition) is 2. The second-order valence-corrected chi connectivity index (χ2v) is 7.26. The zero-order valence-corrected chi connectivity index (χ0v) is 13.4. The van der Waals surface area contributed by atoms with E-state index >= 15 is 0 Å². The van der Waals surface area contributed by atoms with Crippen LogP contribution in [0.15, 0.2) is 38.6 Å². The Hall–Kier alpha value is -0.160. The molecule has 2 rings (SSSR count). The Bertz CT molecular complexity index is 502. The maximum atomic E-state index is 6.25. The van der Waals surface area contributed by atoms with Crippen LogP contribution >= 0.6 is 43.2 Å². The highest BCUT2D eigenvalue weighted by atomic mass is 79.9. The quantitative estimate of drug-likeness (QED) is 0.818. The third kappa shape index (κ3) is 3.19. The maximum absolute atomic E-state index is 6.25. The van der Waals surface area contributed by atoms with E-state index in [2.05, 4.69) is 69.1 Å². The Morgan fingerprint density at radius 3 is 2.59 bits per heavy atom. The van der Waals surface area contributed by atoms with E-state index in [9.17, 15) is 0 Å². The van der Waals surface area contributed by atoms with Gasteiger partial charge in [0.05, 0.1) is 3.79 Å². The molecule has 0 spiro atoms. The highest BCUT2D eigenvalue weighted by Gasteiger charge is 2.13. The van der Waals surface area contributed by atoms with E-state index in [-0.39, 0.29) is 6.04 Å². The normalized spacial score (nSPS) is 12.7. The summed E-state index contributed by atoms with van der Waals surface area (Å²) >= 11 is 8.68. The van der Waals surface area contributed by atoms with Crippen LogP contribution in [-0.4, -0.2) is 0 Å². The van der Waals surface area contributed by atoms with Crippen molar-refractivity contribution >= 4 is 43.2 Å². The standard InChI is InChI=1S/C13H13Br2NS/c1-8-4-2-3-5-9(8)6-11(16)12-7-10(14)13(15)17-12/h2-5,7,11H,6,16H2,1H3. The largest absolute Gasteiger partial charge is 0.323 e. The minimum absolute atomic E-state index is 0.0590. The first-order valence-corrected chi connectivity index (χ1v) is 7.73. The van der Waals surface area contributed by atoms with Gasteiger partial charge < -0.3 is 5.73 Å². The molecule has 4 heteroatoms. The van der Waals surface area contributed by atoms with E-state index in [0.717, 1.165) is 14.7 Å². The van der Waals surface area contributed by atoms with Gasteiger partial charge in [0.1, 0.15) is 0 Å². The molecule has 0 radical (unpaired) electrons. The average Bonchev–Trinajstić information content (AvgIpc) is 2.63. The molecule has 1 nitrogen and oxygen atoms in total. The molecule has 0 amide bonds. The molecular weight excluding hydrogens is 362 g/mol. The lowest BCUT2D eigenvalue weighted by atomic mass is 10.0. The first-order valence-electron chi connectivity index (χ1n) is 5.32. The lowest BCUT2D eigenvalue weighted by Crippen LogP contribution is -2.12. The van der Waals surface area contributed by atoms with E-state index in [1.165, 1.54) is 16.0 Å². The van der Waals surface area contributed by atoms with Crippen molar-refractivity contribution in [2.75, 3.05) is 0 Å². The minimum Gasteiger partial charge on any atom is -0.323 e. The van der Waals surface area contributed by atoms with E-state index in [4.69, 9.17) is 5.73 Å². The van der Waals surface area contributed by atoms with Gasteiger partial charge in [-0.25, -0.2) is 0 Å². The van der Waals surface area contributed by atoms with Gasteiger partial charge in [-0.1, -0.05) is 24.3 Å². The van der Waals surface area contributed by atoms with Crippen LogP contribution in [0.5, 0.6) is 0 Å². The summed E-state index contributed by atoms with van der Waals surface area (Å²) in [7, 11) is 0. The van der Waals surface area contributed by atoms with Crippen LogP contribution in [0.4, 0.5) is 0 Å². The summed E-state index contributed by atoms with van der Waals surface area (Å²) in [6, 6.07) is 10.5. The van der Waals surface area contributed by atoms with Crippen LogP contribution in [0.2, 0.25) is 0 Å². The fourth-order valence-electron chi connectivity index (χ4n) is 1.72. The number of rotatable bonds is 3. The first-order chi connectivity index (χ1) is 8.08. The molecule has 0 bridgehead atoms. The van der Waals surface area contributed by atoms with E-state index in [0.29, 0.717) is 0 Å². The van der Waals surface area contributed by atoms with Crippen molar-refractivity contribution < 1.29 is 0 Å². The van der Waals surface area contributed by atoms with Gasteiger partial charge in [-0.05, 0) is 62.4 Å². The van der Waals surface area contributed by atoms with E-state index in [1.54, 1.807) is 11.3 Å². The van der Waals surface area contributed by atoms with Gasteiger partial charge in [0.2, 0.25) is 0 Å². The monoisotopic (exact) mass is 373 g/mol. The summed E-state index contributed by atoms with van der Waals surface area (Å²) in [5.74, 6) is 0. The van der Waals surface area contributed by atoms with Crippen molar-refractivity contribution in [3.63, 3.8) is 0 Å². The fourth-order valence-corrected chi connectivity index (χ4v) is 3.81. The number of halogens is 2. The summed E-state index contributed by atoms with van der Waals surface area (Å²) in [6.07, 6.45) is 0.881. The molecule has 17 heavy (non-hydrogen) atoms. The molecule has 0 fully saturated rings. The van der Waals surface area contributed by atoms with Crippen molar-refractivity contribution in [1.82, 2.24) is 0 Å². The van der Waals surface area contributed by atoms with Gasteiger partial charge >= 0.3 is 0 Å². The molecule has 0 aliphatic heterocycles. The number of benzene rings is 1. The Morgan fingerprint density at radius 1 is 1.29 bits per heavy atom. The molecule has 1 aromatic carbocycles. The summed E-state index contributed by atoms with van der Waals surface area (Å²) in [4.78, 5) is 1.20. The third-order valence-corrected chi connectivity index (χ3v) is 6.12. The zero-order valence-electron chi connectivity index (χ0n) is 9.41. The van der Waals surface area contributed by atoms with Crippen LogP contribution in [-0.2, 0) is 6.42 Å². The molecule has 1 aromatic heterocycles. The predicted molar refractivity (Wildman–Crippen MR) is 81.5 cm³/mol. The highest BCUT2D eigenvalue weighted by molar-refractivity contribution is 9.13. The molecule has 90 valence electrons. The van der Waals surface area contributed by atoms with Crippen LogP contribution in [0, 0.1) is 6.92 Å². The molecule has 2 aromatic rings. The molecule has 2 N–H and O–H groups in total.